The van der Waals surface area contributed by atoms with Crippen molar-refractivity contribution < 1.29 is 71.6 Å². The van der Waals surface area contributed by atoms with E-state index in [2.05, 4.69) is 0 Å². The molecular formula is C72H56O15S3. The summed E-state index contributed by atoms with van der Waals surface area (Å²) in [6.45, 7) is -1.72. The van der Waals surface area contributed by atoms with Gasteiger partial charge in [-0.1, -0.05) is 126 Å². The molecule has 0 saturated carbocycles. The van der Waals surface area contributed by atoms with E-state index in [0.717, 1.165) is 29.4 Å². The van der Waals surface area contributed by atoms with Crippen molar-refractivity contribution in [2.24, 2.45) is 0 Å². The topological polar surface area (TPSA) is 209 Å². The number of benzene rings is 9. The van der Waals surface area contributed by atoms with Crippen LogP contribution in [-0.4, -0.2) is 112 Å². The summed E-state index contributed by atoms with van der Waals surface area (Å²) in [6.07, 6.45) is -0.836. The Morgan fingerprint density at radius 1 is 0.256 bits per heavy atom. The Morgan fingerprint density at radius 3 is 0.733 bits per heavy atom. The standard InChI is InChI=1S/C72H56O15S3/c73-64(48-10-4-1-5-11-48)51-16-28-58(29-17-51)88-61-34-22-54(23-35-61)67(76)70(79)85-42-40-82-46-57(84-44-45-87-72(81)69(78)56-26-38-63(39-27-56)90-60-32-20-53(21-33-60)66(75)50-14-8-3-9-15-50)47-83-41-43-86-71(80)68(77)55-24-36-62(37-25-55)89-59-30-18-52(19-31-59)65(74)49-12-6-2-7-13-49/h1-39,57H,40-47H2. The molecule has 0 aliphatic rings. The maximum Gasteiger partial charge on any atom is 0.379 e. The maximum absolute atomic E-state index is 13.0. The summed E-state index contributed by atoms with van der Waals surface area (Å²) in [6, 6.07) is 67.7. The second-order valence-corrected chi connectivity index (χ2v) is 23.0. The third-order valence-corrected chi connectivity index (χ3v) is 16.3. The lowest BCUT2D eigenvalue weighted by Gasteiger charge is -2.18. The zero-order chi connectivity index (χ0) is 63.0. The smallest absolute Gasteiger partial charge is 0.379 e. The fourth-order valence-corrected chi connectivity index (χ4v) is 11.0. The van der Waals surface area contributed by atoms with Gasteiger partial charge >= 0.3 is 17.9 Å². The lowest BCUT2D eigenvalue weighted by atomic mass is 10.0. The lowest BCUT2D eigenvalue weighted by molar-refractivity contribution is -0.144. The van der Waals surface area contributed by atoms with Crippen LogP contribution in [0.3, 0.4) is 0 Å². The Labute approximate surface area is 531 Å². The first-order valence-electron chi connectivity index (χ1n) is 28.2. The molecule has 0 fully saturated rings. The van der Waals surface area contributed by atoms with Gasteiger partial charge < -0.3 is 28.4 Å². The predicted octanol–water partition coefficient (Wildman–Crippen LogP) is 12.8. The van der Waals surface area contributed by atoms with Crippen LogP contribution in [0.25, 0.3) is 0 Å². The number of carbonyl (C=O) groups excluding carboxylic acids is 9. The van der Waals surface area contributed by atoms with Gasteiger partial charge in [0.1, 0.15) is 25.9 Å². The fourth-order valence-electron chi connectivity index (χ4n) is 8.58. The summed E-state index contributed by atoms with van der Waals surface area (Å²) in [5, 5.41) is 0. The van der Waals surface area contributed by atoms with Gasteiger partial charge in [0.2, 0.25) is 0 Å². The molecule has 0 radical (unpaired) electrons. The molecule has 0 amide bonds. The van der Waals surface area contributed by atoms with Crippen LogP contribution in [0.1, 0.15) is 78.8 Å². The Bertz CT molecular complexity index is 3770. The summed E-state index contributed by atoms with van der Waals surface area (Å²) in [7, 11) is 0. The average Bonchev–Trinajstić information content (AvgIpc) is 2.30. The van der Waals surface area contributed by atoms with E-state index in [0.29, 0.717) is 33.4 Å². The number of esters is 3. The van der Waals surface area contributed by atoms with E-state index in [1.807, 2.05) is 91.0 Å². The summed E-state index contributed by atoms with van der Waals surface area (Å²) in [5.74, 6) is -6.16. The van der Waals surface area contributed by atoms with E-state index < -0.39 is 41.4 Å². The minimum Gasteiger partial charge on any atom is -0.457 e. The first-order valence-corrected chi connectivity index (χ1v) is 30.6. The highest BCUT2D eigenvalue weighted by molar-refractivity contribution is 7.99. The van der Waals surface area contributed by atoms with Crippen molar-refractivity contribution in [3.8, 4) is 0 Å². The molecule has 0 aliphatic carbocycles. The van der Waals surface area contributed by atoms with Gasteiger partial charge in [-0.25, -0.2) is 14.4 Å². The molecule has 0 heterocycles. The number of Topliss-reactive ketones (excluding diaryl/α,β-unsaturated/α-hetero) is 3. The van der Waals surface area contributed by atoms with E-state index in [1.54, 1.807) is 109 Å². The van der Waals surface area contributed by atoms with Crippen LogP contribution < -0.4 is 0 Å². The van der Waals surface area contributed by atoms with Gasteiger partial charge in [0.05, 0.1) is 33.0 Å². The number of carbonyl (C=O) groups is 9. The largest absolute Gasteiger partial charge is 0.457 e. The number of rotatable bonds is 32. The van der Waals surface area contributed by atoms with Crippen molar-refractivity contribution in [2.75, 3.05) is 52.9 Å². The highest BCUT2D eigenvalue weighted by Crippen LogP contribution is 2.31. The van der Waals surface area contributed by atoms with E-state index >= 15 is 0 Å². The molecule has 0 spiro atoms. The molecule has 0 aliphatic heterocycles. The molecule has 9 rings (SSSR count). The van der Waals surface area contributed by atoms with E-state index in [9.17, 15) is 43.2 Å². The lowest BCUT2D eigenvalue weighted by Crippen LogP contribution is -2.30. The number of ketones is 6. The van der Waals surface area contributed by atoms with Crippen LogP contribution in [0.4, 0.5) is 0 Å². The average molecular weight is 1260 g/mol. The molecule has 0 bridgehead atoms. The maximum atomic E-state index is 13.0. The third-order valence-electron chi connectivity index (χ3n) is 13.3. The molecule has 15 nitrogen and oxygen atoms in total. The molecule has 18 heteroatoms. The first-order chi connectivity index (χ1) is 43.8. The third kappa shape index (κ3) is 18.9. The van der Waals surface area contributed by atoms with Crippen molar-refractivity contribution in [1.29, 1.82) is 0 Å². The molecule has 90 heavy (non-hydrogen) atoms. The minimum absolute atomic E-state index is 0.0848. The molecule has 452 valence electrons. The molecule has 9 aromatic rings. The van der Waals surface area contributed by atoms with Crippen LogP contribution in [-0.2, 0) is 42.8 Å². The predicted molar refractivity (Wildman–Crippen MR) is 338 cm³/mol. The number of hydrogen-bond acceptors (Lipinski definition) is 18. The van der Waals surface area contributed by atoms with Gasteiger partial charge in [-0.15, -0.1) is 0 Å². The Morgan fingerprint density at radius 2 is 0.478 bits per heavy atom. The molecule has 0 saturated heterocycles. The monoisotopic (exact) mass is 1260 g/mol. The molecular weight excluding hydrogens is 1200 g/mol. The molecule has 0 unspecified atom stereocenters. The van der Waals surface area contributed by atoms with E-state index in [1.165, 1.54) is 71.7 Å². The highest BCUT2D eigenvalue weighted by Gasteiger charge is 2.22. The number of ether oxygens (including phenoxy) is 6. The van der Waals surface area contributed by atoms with Crippen LogP contribution in [0, 0.1) is 0 Å². The van der Waals surface area contributed by atoms with Crippen LogP contribution in [0.5, 0.6) is 0 Å². The molecule has 0 aromatic heterocycles. The van der Waals surface area contributed by atoms with Crippen molar-refractivity contribution in [1.82, 2.24) is 0 Å². The van der Waals surface area contributed by atoms with Crippen LogP contribution >= 0.6 is 35.3 Å². The molecule has 0 N–H and O–H groups in total. The second-order valence-electron chi connectivity index (χ2n) is 19.6. The van der Waals surface area contributed by atoms with Crippen molar-refractivity contribution in [2.45, 2.75) is 35.5 Å². The summed E-state index contributed by atoms with van der Waals surface area (Å²) >= 11 is 4.25. The molecule has 0 atom stereocenters. The van der Waals surface area contributed by atoms with Gasteiger partial charge in [0.25, 0.3) is 17.3 Å². The summed E-state index contributed by atoms with van der Waals surface area (Å²) in [4.78, 5) is 121. The fraction of sp³-hybridized carbons (Fsp3) is 0.125. The highest BCUT2D eigenvalue weighted by atomic mass is 32.2. The van der Waals surface area contributed by atoms with Gasteiger partial charge in [0, 0.05) is 79.4 Å². The van der Waals surface area contributed by atoms with E-state index in [-0.39, 0.29) is 86.9 Å². The Kier molecular flexibility index (Phi) is 23.8. The number of hydrogen-bond donors (Lipinski definition) is 0. The Hall–Kier alpha value is -9.66. The first kappa shape index (κ1) is 64.8. The molecule has 9 aromatic carbocycles. The van der Waals surface area contributed by atoms with Gasteiger partial charge in [-0.2, -0.15) is 0 Å². The van der Waals surface area contributed by atoms with Crippen LogP contribution in [0.2, 0.25) is 0 Å². The zero-order valence-corrected chi connectivity index (χ0v) is 50.5. The van der Waals surface area contributed by atoms with Crippen molar-refractivity contribution >= 4 is 87.9 Å². The SMILES string of the molecule is O=C(OCCOCC(COCCOC(=O)C(=O)c1ccc(Sc2ccc(C(=O)c3ccccc3)cc2)cc1)OCCOC(=O)C(=O)c1ccc(Sc2ccc(C(=O)c3ccccc3)cc2)cc1)C(=O)c1ccc(Sc2ccc(C(=O)c3ccccc3)cc2)cc1. The Balaban J connectivity index is 0.714. The van der Waals surface area contributed by atoms with Gasteiger partial charge in [-0.05, 0) is 146 Å². The van der Waals surface area contributed by atoms with E-state index in [4.69, 9.17) is 28.4 Å². The van der Waals surface area contributed by atoms with Crippen molar-refractivity contribution in [3.63, 3.8) is 0 Å². The van der Waals surface area contributed by atoms with Crippen molar-refractivity contribution in [3.05, 3.63) is 287 Å². The van der Waals surface area contributed by atoms with Gasteiger partial charge in [0.15, 0.2) is 17.3 Å². The summed E-state index contributed by atoms with van der Waals surface area (Å²) in [5.41, 5.74) is 3.77. The second kappa shape index (κ2) is 33.1. The van der Waals surface area contributed by atoms with Gasteiger partial charge in [-0.3, -0.25) is 28.8 Å². The normalized spacial score (nSPS) is 10.9. The zero-order valence-electron chi connectivity index (χ0n) is 48.1. The summed E-state index contributed by atoms with van der Waals surface area (Å²) < 4.78 is 32.9. The minimum atomic E-state index is -1.11. The quantitative estimate of drug-likeness (QED) is 0.0126. The van der Waals surface area contributed by atoms with Crippen LogP contribution in [0.15, 0.2) is 266 Å².